The summed E-state index contributed by atoms with van der Waals surface area (Å²) in [4.78, 5) is 0. The van der Waals surface area contributed by atoms with E-state index in [9.17, 15) is 5.11 Å². The van der Waals surface area contributed by atoms with E-state index in [0.717, 1.165) is 29.8 Å². The minimum atomic E-state index is -0.559. The second-order valence-electron chi connectivity index (χ2n) is 5.78. The highest BCUT2D eigenvalue weighted by Crippen LogP contribution is 2.34. The van der Waals surface area contributed by atoms with Crippen LogP contribution >= 0.6 is 0 Å². The molecule has 0 saturated carbocycles. The lowest BCUT2D eigenvalue weighted by Crippen LogP contribution is -2.04. The summed E-state index contributed by atoms with van der Waals surface area (Å²) in [5, 5.41) is 14.0. The van der Waals surface area contributed by atoms with E-state index in [2.05, 4.69) is 37.4 Å². The highest BCUT2D eigenvalue weighted by atomic mass is 16.3. The van der Waals surface area contributed by atoms with Gasteiger partial charge in [0, 0.05) is 17.8 Å². The number of hydrogen-bond acceptors (Lipinski definition) is 2. The second-order valence-corrected chi connectivity index (χ2v) is 5.78. The maximum absolute atomic E-state index is 10.6. The van der Waals surface area contributed by atoms with E-state index < -0.39 is 6.10 Å². The fourth-order valence-electron chi connectivity index (χ4n) is 2.84. The molecule has 2 N–H and O–H groups in total. The first-order valence-corrected chi connectivity index (χ1v) is 7.30. The zero-order valence-corrected chi connectivity index (χ0v) is 12.1. The van der Waals surface area contributed by atoms with Gasteiger partial charge in [0.25, 0.3) is 0 Å². The van der Waals surface area contributed by atoms with Gasteiger partial charge in [0.15, 0.2) is 0 Å². The van der Waals surface area contributed by atoms with E-state index in [1.165, 1.54) is 11.1 Å². The Morgan fingerprint density at radius 1 is 1.00 bits per heavy atom. The molecule has 0 bridgehead atoms. The minimum absolute atomic E-state index is 0.517. The van der Waals surface area contributed by atoms with E-state index in [1.807, 2.05) is 24.3 Å². The SMILES string of the molecule is CC(C)c1ccc(C(O)c2cccc3c2NCC3)cc1. The van der Waals surface area contributed by atoms with Crippen molar-refractivity contribution in [3.63, 3.8) is 0 Å². The van der Waals surface area contributed by atoms with E-state index in [1.54, 1.807) is 0 Å². The van der Waals surface area contributed by atoms with Gasteiger partial charge in [0.2, 0.25) is 0 Å². The van der Waals surface area contributed by atoms with Gasteiger partial charge >= 0.3 is 0 Å². The van der Waals surface area contributed by atoms with Gasteiger partial charge in [-0.2, -0.15) is 0 Å². The Labute approximate surface area is 120 Å². The van der Waals surface area contributed by atoms with Crippen LogP contribution in [0.3, 0.4) is 0 Å². The third kappa shape index (κ3) is 2.32. The molecular weight excluding hydrogens is 246 g/mol. The van der Waals surface area contributed by atoms with Crippen LogP contribution in [0.1, 0.15) is 48.1 Å². The smallest absolute Gasteiger partial charge is 0.106 e. The van der Waals surface area contributed by atoms with E-state index in [-0.39, 0.29) is 0 Å². The summed E-state index contributed by atoms with van der Waals surface area (Å²) in [5.41, 5.74) is 5.67. The molecule has 2 aromatic rings. The van der Waals surface area contributed by atoms with Crippen LogP contribution in [0.4, 0.5) is 5.69 Å². The highest BCUT2D eigenvalue weighted by molar-refractivity contribution is 5.63. The third-order valence-corrected chi connectivity index (χ3v) is 4.09. The molecule has 1 aliphatic rings. The molecule has 20 heavy (non-hydrogen) atoms. The first-order valence-electron chi connectivity index (χ1n) is 7.30. The minimum Gasteiger partial charge on any atom is -0.384 e. The number of anilines is 1. The molecule has 104 valence electrons. The van der Waals surface area contributed by atoms with Gasteiger partial charge in [-0.15, -0.1) is 0 Å². The topological polar surface area (TPSA) is 32.3 Å². The lowest BCUT2D eigenvalue weighted by atomic mass is 9.95. The maximum Gasteiger partial charge on any atom is 0.106 e. The number of hydrogen-bond donors (Lipinski definition) is 2. The number of benzene rings is 2. The van der Waals surface area contributed by atoms with Gasteiger partial charge in [0.1, 0.15) is 6.10 Å². The number of para-hydroxylation sites is 1. The molecule has 1 heterocycles. The summed E-state index contributed by atoms with van der Waals surface area (Å²) in [7, 11) is 0. The number of fused-ring (bicyclic) bond motifs is 1. The van der Waals surface area contributed by atoms with Crippen LogP contribution in [0.15, 0.2) is 42.5 Å². The highest BCUT2D eigenvalue weighted by Gasteiger charge is 2.20. The molecule has 0 aromatic heterocycles. The Morgan fingerprint density at radius 3 is 2.40 bits per heavy atom. The van der Waals surface area contributed by atoms with Crippen molar-refractivity contribution in [2.24, 2.45) is 0 Å². The summed E-state index contributed by atoms with van der Waals surface area (Å²) < 4.78 is 0. The number of nitrogens with one attached hydrogen (secondary N) is 1. The monoisotopic (exact) mass is 267 g/mol. The first-order chi connectivity index (χ1) is 9.66. The lowest BCUT2D eigenvalue weighted by Gasteiger charge is -2.16. The average Bonchev–Trinajstić information content (AvgIpc) is 2.95. The predicted molar refractivity (Wildman–Crippen MR) is 83.2 cm³/mol. The third-order valence-electron chi connectivity index (χ3n) is 4.09. The molecule has 0 radical (unpaired) electrons. The molecule has 1 atom stereocenters. The van der Waals surface area contributed by atoms with Crippen LogP contribution < -0.4 is 5.32 Å². The fourth-order valence-corrected chi connectivity index (χ4v) is 2.84. The Balaban J connectivity index is 1.93. The zero-order chi connectivity index (χ0) is 14.1. The maximum atomic E-state index is 10.6. The van der Waals surface area contributed by atoms with Gasteiger partial charge in [-0.3, -0.25) is 0 Å². The molecule has 0 saturated heterocycles. The Hall–Kier alpha value is -1.80. The number of rotatable bonds is 3. The summed E-state index contributed by atoms with van der Waals surface area (Å²) in [5.74, 6) is 0.517. The van der Waals surface area contributed by atoms with Crippen LogP contribution in [0.25, 0.3) is 0 Å². The van der Waals surface area contributed by atoms with Gasteiger partial charge in [-0.05, 0) is 29.0 Å². The summed E-state index contributed by atoms with van der Waals surface area (Å²) in [6.07, 6.45) is 0.485. The van der Waals surface area contributed by atoms with E-state index in [4.69, 9.17) is 0 Å². The van der Waals surface area contributed by atoms with Crippen molar-refractivity contribution >= 4 is 5.69 Å². The van der Waals surface area contributed by atoms with Crippen molar-refractivity contribution in [3.8, 4) is 0 Å². The molecule has 0 aliphatic carbocycles. The molecule has 0 fully saturated rings. The van der Waals surface area contributed by atoms with Crippen molar-refractivity contribution in [2.45, 2.75) is 32.3 Å². The van der Waals surface area contributed by atoms with E-state index in [0.29, 0.717) is 5.92 Å². The summed E-state index contributed by atoms with van der Waals surface area (Å²) >= 11 is 0. The van der Waals surface area contributed by atoms with E-state index >= 15 is 0 Å². The van der Waals surface area contributed by atoms with Gasteiger partial charge in [0.05, 0.1) is 0 Å². The summed E-state index contributed by atoms with van der Waals surface area (Å²) in [6.45, 7) is 5.32. The molecule has 2 heteroatoms. The van der Waals surface area contributed by atoms with Crippen LogP contribution in [0, 0.1) is 0 Å². The second kappa shape index (κ2) is 5.29. The van der Waals surface area contributed by atoms with Crippen LogP contribution in [0.2, 0.25) is 0 Å². The van der Waals surface area contributed by atoms with Crippen LogP contribution in [0.5, 0.6) is 0 Å². The van der Waals surface area contributed by atoms with Crippen LogP contribution in [-0.4, -0.2) is 11.7 Å². The molecular formula is C18H21NO. The molecule has 1 aliphatic heterocycles. The number of aliphatic hydroxyl groups excluding tert-OH is 1. The fraction of sp³-hybridized carbons (Fsp3) is 0.333. The lowest BCUT2D eigenvalue weighted by molar-refractivity contribution is 0.221. The largest absolute Gasteiger partial charge is 0.384 e. The molecule has 0 spiro atoms. The van der Waals surface area contributed by atoms with Crippen molar-refractivity contribution in [2.75, 3.05) is 11.9 Å². The summed E-state index contributed by atoms with van der Waals surface area (Å²) in [6, 6.07) is 14.5. The van der Waals surface area contributed by atoms with Gasteiger partial charge < -0.3 is 10.4 Å². The van der Waals surface area contributed by atoms with Crippen molar-refractivity contribution < 1.29 is 5.11 Å². The Morgan fingerprint density at radius 2 is 1.70 bits per heavy atom. The molecule has 1 unspecified atom stereocenters. The van der Waals surface area contributed by atoms with Gasteiger partial charge in [-0.25, -0.2) is 0 Å². The van der Waals surface area contributed by atoms with Gasteiger partial charge in [-0.1, -0.05) is 56.3 Å². The van der Waals surface area contributed by atoms with Crippen LogP contribution in [-0.2, 0) is 6.42 Å². The normalized spacial score (nSPS) is 15.0. The average molecular weight is 267 g/mol. The van der Waals surface area contributed by atoms with Crippen molar-refractivity contribution in [3.05, 3.63) is 64.7 Å². The van der Waals surface area contributed by atoms with Crippen molar-refractivity contribution in [1.82, 2.24) is 0 Å². The molecule has 2 nitrogen and oxygen atoms in total. The molecule has 3 rings (SSSR count). The zero-order valence-electron chi connectivity index (χ0n) is 12.1. The molecule has 0 amide bonds. The van der Waals surface area contributed by atoms with Crippen molar-refractivity contribution in [1.29, 1.82) is 0 Å². The Bertz CT molecular complexity index is 601. The Kier molecular flexibility index (Phi) is 3.49. The predicted octanol–water partition coefficient (Wildman–Crippen LogP) is 3.86. The molecule has 2 aromatic carbocycles. The number of aliphatic hydroxyl groups is 1. The standard InChI is InChI=1S/C18H21NO/c1-12(2)13-6-8-15(9-7-13)18(20)16-5-3-4-14-10-11-19-17(14)16/h3-9,12,18-20H,10-11H2,1-2H3. The first kappa shape index (κ1) is 13.2. The quantitative estimate of drug-likeness (QED) is 0.885.